The fourth-order valence-electron chi connectivity index (χ4n) is 2.34. The first-order valence-electron chi connectivity index (χ1n) is 7.47. The molecule has 0 aliphatic heterocycles. The second kappa shape index (κ2) is 9.49. The van der Waals surface area contributed by atoms with Crippen molar-refractivity contribution < 1.29 is 0 Å². The molecule has 0 aromatic heterocycles. The molecule has 1 aromatic carbocycles. The zero-order valence-corrected chi connectivity index (χ0v) is 14.3. The van der Waals surface area contributed by atoms with Gasteiger partial charge in [-0.2, -0.15) is 0 Å². The van der Waals surface area contributed by atoms with Crippen LogP contribution in [-0.4, -0.2) is 37.6 Å². The number of alkyl halides is 1. The highest BCUT2D eigenvalue weighted by Crippen LogP contribution is 2.25. The third-order valence-corrected chi connectivity index (χ3v) is 4.36. The van der Waals surface area contributed by atoms with Gasteiger partial charge >= 0.3 is 0 Å². The number of hydrogen-bond acceptors (Lipinski definition) is 2. The molecule has 0 unspecified atom stereocenters. The molecule has 0 heterocycles. The fourth-order valence-corrected chi connectivity index (χ4v) is 2.88. The van der Waals surface area contributed by atoms with Gasteiger partial charge in [0.1, 0.15) is 0 Å². The molecule has 0 aliphatic rings. The average molecular weight is 317 g/mol. The SMILES string of the molecule is CCN(CC)CCCN(CC)c1ccc(CCl)c(Cl)c1. The Hall–Kier alpha value is -0.440. The van der Waals surface area contributed by atoms with E-state index in [1.165, 1.54) is 12.1 Å². The topological polar surface area (TPSA) is 6.48 Å². The number of rotatable bonds is 9. The van der Waals surface area contributed by atoms with E-state index in [4.69, 9.17) is 23.2 Å². The maximum atomic E-state index is 6.24. The first-order valence-corrected chi connectivity index (χ1v) is 8.39. The van der Waals surface area contributed by atoms with E-state index in [1.54, 1.807) is 0 Å². The van der Waals surface area contributed by atoms with Gasteiger partial charge < -0.3 is 9.80 Å². The minimum atomic E-state index is 0.465. The summed E-state index contributed by atoms with van der Waals surface area (Å²) in [5.74, 6) is 0.465. The normalized spacial score (nSPS) is 11.1. The highest BCUT2D eigenvalue weighted by Gasteiger charge is 2.08. The van der Waals surface area contributed by atoms with Crippen LogP contribution in [0.4, 0.5) is 5.69 Å². The van der Waals surface area contributed by atoms with E-state index in [2.05, 4.69) is 36.6 Å². The second-order valence-corrected chi connectivity index (χ2v) is 5.54. The molecule has 0 saturated carbocycles. The van der Waals surface area contributed by atoms with Crippen molar-refractivity contribution in [3.05, 3.63) is 28.8 Å². The lowest BCUT2D eigenvalue weighted by atomic mass is 10.2. The summed E-state index contributed by atoms with van der Waals surface area (Å²) in [5.41, 5.74) is 2.18. The van der Waals surface area contributed by atoms with Crippen LogP contribution in [0.1, 0.15) is 32.8 Å². The van der Waals surface area contributed by atoms with Crippen molar-refractivity contribution in [2.24, 2.45) is 0 Å². The van der Waals surface area contributed by atoms with Gasteiger partial charge in [-0.05, 0) is 50.7 Å². The molecule has 0 radical (unpaired) electrons. The molecule has 0 spiro atoms. The van der Waals surface area contributed by atoms with Crippen molar-refractivity contribution in [2.45, 2.75) is 33.1 Å². The van der Waals surface area contributed by atoms with Gasteiger partial charge in [-0.3, -0.25) is 0 Å². The highest BCUT2D eigenvalue weighted by atomic mass is 35.5. The standard InChI is InChI=1S/C16H26Cl2N2/c1-4-19(5-2)10-7-11-20(6-3)15-9-8-14(13-17)16(18)12-15/h8-9,12H,4-7,10-11,13H2,1-3H3. The van der Waals surface area contributed by atoms with E-state index < -0.39 is 0 Å². The predicted molar refractivity (Wildman–Crippen MR) is 91.3 cm³/mol. The van der Waals surface area contributed by atoms with Gasteiger partial charge in [0.2, 0.25) is 0 Å². The lowest BCUT2D eigenvalue weighted by molar-refractivity contribution is 0.301. The Kier molecular flexibility index (Phi) is 8.35. The van der Waals surface area contributed by atoms with Crippen LogP contribution in [0.2, 0.25) is 5.02 Å². The van der Waals surface area contributed by atoms with E-state index in [0.717, 1.165) is 43.3 Å². The Bertz CT molecular complexity index is 392. The molecule has 1 rings (SSSR count). The molecule has 0 bridgehead atoms. The van der Waals surface area contributed by atoms with Crippen LogP contribution in [0, 0.1) is 0 Å². The number of benzene rings is 1. The molecule has 0 amide bonds. The first kappa shape index (κ1) is 17.6. The molecule has 114 valence electrons. The number of halogens is 2. The Morgan fingerprint density at radius 1 is 1.00 bits per heavy atom. The highest BCUT2D eigenvalue weighted by molar-refractivity contribution is 6.32. The molecule has 0 fully saturated rings. The van der Waals surface area contributed by atoms with E-state index in [0.29, 0.717) is 5.88 Å². The van der Waals surface area contributed by atoms with Gasteiger partial charge in [-0.25, -0.2) is 0 Å². The lowest BCUT2D eigenvalue weighted by Crippen LogP contribution is -2.30. The van der Waals surface area contributed by atoms with E-state index in [-0.39, 0.29) is 0 Å². The molecular formula is C16H26Cl2N2. The zero-order chi connectivity index (χ0) is 15.0. The van der Waals surface area contributed by atoms with Gasteiger partial charge in [0, 0.05) is 29.7 Å². The summed E-state index contributed by atoms with van der Waals surface area (Å²) >= 11 is 12.1. The van der Waals surface area contributed by atoms with Gasteiger partial charge in [-0.1, -0.05) is 31.5 Å². The summed E-state index contributed by atoms with van der Waals surface area (Å²) in [4.78, 5) is 4.82. The Morgan fingerprint density at radius 3 is 2.20 bits per heavy atom. The van der Waals surface area contributed by atoms with Crippen molar-refractivity contribution in [3.8, 4) is 0 Å². The van der Waals surface area contributed by atoms with Crippen LogP contribution >= 0.6 is 23.2 Å². The molecule has 0 N–H and O–H groups in total. The van der Waals surface area contributed by atoms with Gasteiger partial charge in [0.25, 0.3) is 0 Å². The largest absolute Gasteiger partial charge is 0.372 e. The summed E-state index contributed by atoms with van der Waals surface area (Å²) in [6.07, 6.45) is 1.17. The zero-order valence-electron chi connectivity index (χ0n) is 12.8. The van der Waals surface area contributed by atoms with Gasteiger partial charge in [-0.15, -0.1) is 11.6 Å². The summed E-state index contributed by atoms with van der Waals surface area (Å²) in [7, 11) is 0. The Labute approximate surface area is 133 Å². The van der Waals surface area contributed by atoms with Crippen LogP contribution in [0.5, 0.6) is 0 Å². The van der Waals surface area contributed by atoms with Crippen molar-refractivity contribution in [2.75, 3.05) is 37.6 Å². The Balaban J connectivity index is 2.59. The number of anilines is 1. The molecule has 20 heavy (non-hydrogen) atoms. The molecule has 0 aliphatic carbocycles. The van der Waals surface area contributed by atoms with Crippen LogP contribution in [0.25, 0.3) is 0 Å². The lowest BCUT2D eigenvalue weighted by Gasteiger charge is -2.25. The first-order chi connectivity index (χ1) is 9.65. The molecule has 1 aromatic rings. The van der Waals surface area contributed by atoms with Crippen LogP contribution in [-0.2, 0) is 5.88 Å². The van der Waals surface area contributed by atoms with E-state index >= 15 is 0 Å². The van der Waals surface area contributed by atoms with Crippen molar-refractivity contribution in [1.82, 2.24) is 4.90 Å². The van der Waals surface area contributed by atoms with Gasteiger partial charge in [0.15, 0.2) is 0 Å². The van der Waals surface area contributed by atoms with Crippen molar-refractivity contribution in [3.63, 3.8) is 0 Å². The average Bonchev–Trinajstić information content (AvgIpc) is 2.47. The third-order valence-electron chi connectivity index (χ3n) is 3.72. The minimum Gasteiger partial charge on any atom is -0.372 e. The molecular weight excluding hydrogens is 291 g/mol. The maximum Gasteiger partial charge on any atom is 0.0488 e. The second-order valence-electron chi connectivity index (χ2n) is 4.87. The molecule has 0 atom stereocenters. The minimum absolute atomic E-state index is 0.465. The smallest absolute Gasteiger partial charge is 0.0488 e. The predicted octanol–water partition coefficient (Wildman–Crippen LogP) is 4.64. The summed E-state index contributed by atoms with van der Waals surface area (Å²) < 4.78 is 0. The fraction of sp³-hybridized carbons (Fsp3) is 0.625. The summed E-state index contributed by atoms with van der Waals surface area (Å²) in [6.45, 7) is 12.1. The third kappa shape index (κ3) is 5.16. The van der Waals surface area contributed by atoms with Crippen LogP contribution in [0.3, 0.4) is 0 Å². The van der Waals surface area contributed by atoms with Crippen molar-refractivity contribution in [1.29, 1.82) is 0 Å². The van der Waals surface area contributed by atoms with Gasteiger partial charge in [0.05, 0.1) is 0 Å². The maximum absolute atomic E-state index is 6.24. The van der Waals surface area contributed by atoms with E-state index in [9.17, 15) is 0 Å². The number of nitrogens with zero attached hydrogens (tertiary/aromatic N) is 2. The summed E-state index contributed by atoms with van der Waals surface area (Å²) in [6, 6.07) is 6.17. The summed E-state index contributed by atoms with van der Waals surface area (Å²) in [5, 5.41) is 0.764. The van der Waals surface area contributed by atoms with E-state index in [1.807, 2.05) is 12.1 Å². The monoisotopic (exact) mass is 316 g/mol. The van der Waals surface area contributed by atoms with Crippen LogP contribution < -0.4 is 4.90 Å². The van der Waals surface area contributed by atoms with Crippen LogP contribution in [0.15, 0.2) is 18.2 Å². The quantitative estimate of drug-likeness (QED) is 0.612. The number of hydrogen-bond donors (Lipinski definition) is 0. The molecule has 0 saturated heterocycles. The molecule has 2 nitrogen and oxygen atoms in total. The molecule has 4 heteroatoms. The Morgan fingerprint density at radius 2 is 1.70 bits per heavy atom. The van der Waals surface area contributed by atoms with Crippen molar-refractivity contribution >= 4 is 28.9 Å².